The first kappa shape index (κ1) is 18.4. The van der Waals surface area contributed by atoms with E-state index in [0.29, 0.717) is 22.7 Å². The number of fused-ring (bicyclic) bond motifs is 1. The SMILES string of the molecule is CC(=O)c1ccc(NC(=O)[C@@H](C)OC(=O)[C@H]2COc3ccccc3O2)cc1. The highest BCUT2D eigenvalue weighted by molar-refractivity contribution is 5.97. The summed E-state index contributed by atoms with van der Waals surface area (Å²) >= 11 is 0. The van der Waals surface area contributed by atoms with Crippen molar-refractivity contribution in [2.24, 2.45) is 0 Å². The predicted octanol–water partition coefficient (Wildman–Crippen LogP) is 2.60. The number of carbonyl (C=O) groups is 3. The zero-order chi connectivity index (χ0) is 19.4. The molecule has 0 unspecified atom stereocenters. The van der Waals surface area contributed by atoms with Gasteiger partial charge in [0.15, 0.2) is 23.4 Å². The third kappa shape index (κ3) is 4.44. The average Bonchev–Trinajstić information content (AvgIpc) is 2.67. The number of anilines is 1. The van der Waals surface area contributed by atoms with E-state index in [9.17, 15) is 14.4 Å². The third-order valence-electron chi connectivity index (χ3n) is 3.99. The van der Waals surface area contributed by atoms with Crippen molar-refractivity contribution in [3.05, 3.63) is 54.1 Å². The summed E-state index contributed by atoms with van der Waals surface area (Å²) in [5.41, 5.74) is 1.04. The molecule has 27 heavy (non-hydrogen) atoms. The van der Waals surface area contributed by atoms with Crippen molar-refractivity contribution in [3.8, 4) is 11.5 Å². The molecule has 0 saturated carbocycles. The Labute approximate surface area is 156 Å². The summed E-state index contributed by atoms with van der Waals surface area (Å²) in [5, 5.41) is 2.63. The molecule has 7 nitrogen and oxygen atoms in total. The van der Waals surface area contributed by atoms with Gasteiger partial charge in [0.05, 0.1) is 0 Å². The van der Waals surface area contributed by atoms with E-state index >= 15 is 0 Å². The zero-order valence-corrected chi connectivity index (χ0v) is 14.9. The minimum absolute atomic E-state index is 0.0106. The van der Waals surface area contributed by atoms with Gasteiger partial charge in [0, 0.05) is 11.3 Å². The molecule has 140 valence electrons. The fourth-order valence-corrected chi connectivity index (χ4v) is 2.47. The molecular formula is C20H19NO6. The van der Waals surface area contributed by atoms with Crippen LogP contribution < -0.4 is 14.8 Å². The summed E-state index contributed by atoms with van der Waals surface area (Å²) in [7, 11) is 0. The maximum absolute atomic E-state index is 12.3. The van der Waals surface area contributed by atoms with E-state index in [1.807, 2.05) is 0 Å². The predicted molar refractivity (Wildman–Crippen MR) is 97.0 cm³/mol. The number of benzene rings is 2. The number of ether oxygens (including phenoxy) is 3. The Balaban J connectivity index is 1.55. The number of ketones is 1. The molecule has 1 aliphatic rings. The van der Waals surface area contributed by atoms with Gasteiger partial charge in [-0.25, -0.2) is 4.79 Å². The van der Waals surface area contributed by atoms with E-state index in [4.69, 9.17) is 14.2 Å². The minimum Gasteiger partial charge on any atom is -0.485 e. The average molecular weight is 369 g/mol. The number of hydrogen-bond acceptors (Lipinski definition) is 6. The Morgan fingerprint density at radius 2 is 1.74 bits per heavy atom. The summed E-state index contributed by atoms with van der Waals surface area (Å²) in [6.45, 7) is 2.94. The quantitative estimate of drug-likeness (QED) is 0.643. The van der Waals surface area contributed by atoms with Gasteiger partial charge in [-0.2, -0.15) is 0 Å². The van der Waals surface area contributed by atoms with E-state index in [2.05, 4.69) is 5.32 Å². The lowest BCUT2D eigenvalue weighted by Crippen LogP contribution is -2.41. The van der Waals surface area contributed by atoms with Gasteiger partial charge in [-0.3, -0.25) is 9.59 Å². The highest BCUT2D eigenvalue weighted by Gasteiger charge is 2.31. The number of nitrogens with one attached hydrogen (secondary N) is 1. The Morgan fingerprint density at radius 3 is 2.41 bits per heavy atom. The van der Waals surface area contributed by atoms with Crippen molar-refractivity contribution in [1.29, 1.82) is 0 Å². The van der Waals surface area contributed by atoms with Crippen LogP contribution in [0.4, 0.5) is 5.69 Å². The van der Waals surface area contributed by atoms with E-state index < -0.39 is 24.1 Å². The highest BCUT2D eigenvalue weighted by atomic mass is 16.6. The molecule has 0 fully saturated rings. The molecule has 1 heterocycles. The third-order valence-corrected chi connectivity index (χ3v) is 3.99. The second-order valence-corrected chi connectivity index (χ2v) is 6.07. The molecular weight excluding hydrogens is 350 g/mol. The van der Waals surface area contributed by atoms with Gasteiger partial charge in [0.25, 0.3) is 5.91 Å². The number of rotatable bonds is 5. The Bertz CT molecular complexity index is 861. The number of esters is 1. The van der Waals surface area contributed by atoms with E-state index in [1.54, 1.807) is 48.5 Å². The van der Waals surface area contributed by atoms with Gasteiger partial charge >= 0.3 is 5.97 Å². The lowest BCUT2D eigenvalue weighted by Gasteiger charge is -2.25. The fourth-order valence-electron chi connectivity index (χ4n) is 2.47. The van der Waals surface area contributed by atoms with Crippen LogP contribution >= 0.6 is 0 Å². The largest absolute Gasteiger partial charge is 0.485 e. The molecule has 2 aromatic rings. The highest BCUT2D eigenvalue weighted by Crippen LogP contribution is 2.31. The van der Waals surface area contributed by atoms with Crippen molar-refractivity contribution < 1.29 is 28.6 Å². The zero-order valence-electron chi connectivity index (χ0n) is 14.9. The molecule has 0 aliphatic carbocycles. The van der Waals surface area contributed by atoms with Crippen molar-refractivity contribution >= 4 is 23.3 Å². The monoisotopic (exact) mass is 369 g/mol. The van der Waals surface area contributed by atoms with Crippen molar-refractivity contribution in [1.82, 2.24) is 0 Å². The van der Waals surface area contributed by atoms with Crippen LogP contribution in [0.2, 0.25) is 0 Å². The van der Waals surface area contributed by atoms with Crippen LogP contribution in [0.15, 0.2) is 48.5 Å². The molecule has 1 N–H and O–H groups in total. The molecule has 0 bridgehead atoms. The fraction of sp³-hybridized carbons (Fsp3) is 0.250. The summed E-state index contributed by atoms with van der Waals surface area (Å²) in [4.78, 5) is 35.7. The van der Waals surface area contributed by atoms with Gasteiger partial charge in [-0.1, -0.05) is 12.1 Å². The van der Waals surface area contributed by atoms with Gasteiger partial charge in [-0.15, -0.1) is 0 Å². The molecule has 2 atom stereocenters. The first-order valence-electron chi connectivity index (χ1n) is 8.45. The maximum atomic E-state index is 12.3. The minimum atomic E-state index is -1.02. The first-order chi connectivity index (χ1) is 12.9. The molecule has 0 radical (unpaired) electrons. The van der Waals surface area contributed by atoms with Gasteiger partial charge in [-0.05, 0) is 50.2 Å². The van der Waals surface area contributed by atoms with Crippen molar-refractivity contribution in [2.75, 3.05) is 11.9 Å². The lowest BCUT2D eigenvalue weighted by molar-refractivity contribution is -0.162. The maximum Gasteiger partial charge on any atom is 0.351 e. The Kier molecular flexibility index (Phi) is 5.40. The normalized spacial score (nSPS) is 16.1. The lowest BCUT2D eigenvalue weighted by atomic mass is 10.1. The van der Waals surface area contributed by atoms with Crippen LogP contribution in [0.3, 0.4) is 0 Å². The van der Waals surface area contributed by atoms with E-state index in [0.717, 1.165) is 0 Å². The summed E-state index contributed by atoms with van der Waals surface area (Å²) in [6.07, 6.45) is -1.96. The van der Waals surface area contributed by atoms with Gasteiger partial charge in [0.1, 0.15) is 6.61 Å². The second-order valence-electron chi connectivity index (χ2n) is 6.07. The number of hydrogen-bond donors (Lipinski definition) is 1. The molecule has 1 amide bonds. The van der Waals surface area contributed by atoms with Gasteiger partial charge in [0.2, 0.25) is 6.10 Å². The molecule has 3 rings (SSSR count). The topological polar surface area (TPSA) is 90.9 Å². The summed E-state index contributed by atoms with van der Waals surface area (Å²) < 4.78 is 16.2. The molecule has 7 heteroatoms. The van der Waals surface area contributed by atoms with Gasteiger partial charge < -0.3 is 19.5 Å². The summed E-state index contributed by atoms with van der Waals surface area (Å²) in [5.74, 6) is -0.226. The Morgan fingerprint density at radius 1 is 1.07 bits per heavy atom. The van der Waals surface area contributed by atoms with Crippen LogP contribution in [-0.2, 0) is 14.3 Å². The van der Waals surface area contributed by atoms with Crippen LogP contribution in [0.25, 0.3) is 0 Å². The molecule has 2 aromatic carbocycles. The van der Waals surface area contributed by atoms with Crippen molar-refractivity contribution in [3.63, 3.8) is 0 Å². The van der Waals surface area contributed by atoms with Crippen LogP contribution in [0, 0.1) is 0 Å². The number of para-hydroxylation sites is 2. The van der Waals surface area contributed by atoms with Crippen molar-refractivity contribution in [2.45, 2.75) is 26.1 Å². The molecule has 1 aliphatic heterocycles. The van der Waals surface area contributed by atoms with E-state index in [-0.39, 0.29) is 12.4 Å². The smallest absolute Gasteiger partial charge is 0.351 e. The molecule has 0 saturated heterocycles. The van der Waals surface area contributed by atoms with Crippen LogP contribution in [0.1, 0.15) is 24.2 Å². The molecule has 0 aromatic heterocycles. The van der Waals surface area contributed by atoms with E-state index in [1.165, 1.54) is 13.8 Å². The number of amides is 1. The van der Waals surface area contributed by atoms with Crippen LogP contribution in [0.5, 0.6) is 11.5 Å². The summed E-state index contributed by atoms with van der Waals surface area (Å²) in [6, 6.07) is 13.4. The Hall–Kier alpha value is -3.35. The van der Waals surface area contributed by atoms with Crippen LogP contribution in [-0.4, -0.2) is 36.5 Å². The standard InChI is InChI=1S/C20H19NO6/c1-12(22)14-7-9-15(10-8-14)21-19(23)13(2)26-20(24)18-11-25-16-5-3-4-6-17(16)27-18/h3-10,13,18H,11H2,1-2H3,(H,21,23)/t13-,18-/m1/s1. The molecule has 0 spiro atoms. The second kappa shape index (κ2) is 7.90. The first-order valence-corrected chi connectivity index (χ1v) is 8.45. The number of Topliss-reactive ketones (excluding diaryl/α,β-unsaturated/α-hetero) is 1. The number of carbonyl (C=O) groups excluding carboxylic acids is 3.